The van der Waals surface area contributed by atoms with Crippen molar-refractivity contribution in [3.63, 3.8) is 0 Å². The number of fused-ring (bicyclic) bond motifs is 3. The van der Waals surface area contributed by atoms with E-state index in [9.17, 15) is 32.7 Å². The first-order valence-corrected chi connectivity index (χ1v) is 17.9. The summed E-state index contributed by atoms with van der Waals surface area (Å²) in [7, 11) is -2.36. The number of nitrogens with zero attached hydrogens (tertiary/aromatic N) is 2. The number of carboxylic acid groups (broad SMARTS) is 1. The van der Waals surface area contributed by atoms with Crippen LogP contribution < -0.4 is 24.8 Å². The summed E-state index contributed by atoms with van der Waals surface area (Å²) in [6.45, 7) is 3.61. The Hall–Kier alpha value is -4.44. The Kier molecular flexibility index (Phi) is 9.46. The molecular weight excluding hydrogens is 658 g/mol. The first-order chi connectivity index (χ1) is 23.3. The minimum absolute atomic E-state index is 0.00193. The molecule has 1 aromatic heterocycles. The van der Waals surface area contributed by atoms with Crippen LogP contribution in [0.2, 0.25) is 0 Å². The molecule has 0 spiro atoms. The van der Waals surface area contributed by atoms with Crippen LogP contribution in [-0.2, 0) is 29.1 Å². The van der Waals surface area contributed by atoms with Crippen molar-refractivity contribution in [2.45, 2.75) is 81.0 Å². The van der Waals surface area contributed by atoms with Crippen molar-refractivity contribution in [3.05, 3.63) is 42.6 Å². The van der Waals surface area contributed by atoms with Gasteiger partial charge in [-0.25, -0.2) is 18.2 Å². The number of carbonyl (C=O) groups excluding carboxylic acids is 3. The first kappa shape index (κ1) is 34.4. The predicted octanol–water partition coefficient (Wildman–Crippen LogP) is 1.71. The minimum Gasteiger partial charge on any atom is -0.497 e. The molecule has 0 unspecified atom stereocenters. The molecule has 15 nitrogen and oxygen atoms in total. The monoisotopic (exact) mass is 699 g/mol. The number of nitrogens with one attached hydrogen (secondary N) is 3. The van der Waals surface area contributed by atoms with Gasteiger partial charge in [0, 0.05) is 23.9 Å². The zero-order valence-corrected chi connectivity index (χ0v) is 28.3. The lowest BCUT2D eigenvalue weighted by atomic mass is 9.94. The Bertz CT molecular complexity index is 1780. The summed E-state index contributed by atoms with van der Waals surface area (Å²) < 4.78 is 45.2. The van der Waals surface area contributed by atoms with E-state index in [1.54, 1.807) is 50.6 Å². The lowest BCUT2D eigenvalue weighted by molar-refractivity contribution is -0.142. The number of rotatable bonds is 7. The third-order valence-corrected chi connectivity index (χ3v) is 11.5. The molecule has 2 aliphatic heterocycles. The molecule has 4 N–H and O–H groups in total. The van der Waals surface area contributed by atoms with E-state index < -0.39 is 74.7 Å². The Morgan fingerprint density at radius 2 is 1.94 bits per heavy atom. The number of methoxy groups -OCH3 is 1. The molecule has 3 heterocycles. The first-order valence-electron chi connectivity index (χ1n) is 16.4. The van der Waals surface area contributed by atoms with Crippen LogP contribution in [0.1, 0.15) is 46.0 Å². The number of aromatic nitrogens is 1. The van der Waals surface area contributed by atoms with Crippen molar-refractivity contribution in [1.29, 1.82) is 0 Å². The van der Waals surface area contributed by atoms with Crippen molar-refractivity contribution >= 4 is 44.6 Å². The zero-order valence-electron chi connectivity index (χ0n) is 27.5. The summed E-state index contributed by atoms with van der Waals surface area (Å²) >= 11 is 0. The number of carbonyl (C=O) groups is 4. The van der Waals surface area contributed by atoms with Gasteiger partial charge in [-0.2, -0.15) is 0 Å². The predicted molar refractivity (Wildman–Crippen MR) is 175 cm³/mol. The van der Waals surface area contributed by atoms with E-state index in [0.29, 0.717) is 30.4 Å². The Morgan fingerprint density at radius 1 is 1.16 bits per heavy atom. The average Bonchev–Trinajstić information content (AvgIpc) is 3.98. The lowest BCUT2D eigenvalue weighted by Gasteiger charge is -2.32. The van der Waals surface area contributed by atoms with Gasteiger partial charge < -0.3 is 34.9 Å². The molecule has 7 atom stereocenters. The fraction of sp³-hybridized carbons (Fsp3) is 0.545. The van der Waals surface area contributed by atoms with Gasteiger partial charge in [0.15, 0.2) is 0 Å². The number of sulfonamides is 1. The van der Waals surface area contributed by atoms with Crippen LogP contribution in [0.15, 0.2) is 42.6 Å². The summed E-state index contributed by atoms with van der Waals surface area (Å²) in [6.07, 6.45) is 3.85. The smallest absolute Gasteiger partial charge is 0.405 e. The number of benzene rings is 1. The maximum absolute atomic E-state index is 14.2. The second kappa shape index (κ2) is 13.5. The molecule has 4 amide bonds. The average molecular weight is 700 g/mol. The van der Waals surface area contributed by atoms with Crippen molar-refractivity contribution in [2.75, 3.05) is 20.3 Å². The fourth-order valence-corrected chi connectivity index (χ4v) is 8.14. The number of hydrogen-bond acceptors (Lipinski definition) is 10. The van der Waals surface area contributed by atoms with Gasteiger partial charge in [-0.1, -0.05) is 19.1 Å². The molecule has 49 heavy (non-hydrogen) atoms. The molecule has 264 valence electrons. The highest BCUT2D eigenvalue weighted by molar-refractivity contribution is 7.91. The Morgan fingerprint density at radius 3 is 2.65 bits per heavy atom. The van der Waals surface area contributed by atoms with Crippen LogP contribution in [0.3, 0.4) is 0 Å². The SMILES string of the molecule is COc1ccc2c(O[C@@H]3C[C@H]4C(=O)N[C@]5(C(=O)NS(=O)(=O)C6CC6)C[C@H]5/C=C\CO[C@@H](C)C[C@@H](C)[C@H](NC(=O)O)C(=O)N4C3)nccc2c1. The molecule has 2 aromatic rings. The van der Waals surface area contributed by atoms with E-state index in [0.717, 1.165) is 5.39 Å². The molecule has 1 aromatic carbocycles. The van der Waals surface area contributed by atoms with Crippen LogP contribution in [-0.4, -0.2) is 103 Å². The van der Waals surface area contributed by atoms with E-state index in [1.807, 2.05) is 13.0 Å². The number of ether oxygens (including phenoxy) is 3. The van der Waals surface area contributed by atoms with Crippen molar-refractivity contribution in [2.24, 2.45) is 11.8 Å². The minimum atomic E-state index is -3.92. The third kappa shape index (κ3) is 7.29. The molecule has 2 aliphatic carbocycles. The van der Waals surface area contributed by atoms with Crippen LogP contribution in [0.5, 0.6) is 11.6 Å². The molecule has 0 radical (unpaired) electrons. The van der Waals surface area contributed by atoms with Gasteiger partial charge in [0.2, 0.25) is 27.7 Å². The quantitative estimate of drug-likeness (QED) is 0.307. The maximum atomic E-state index is 14.2. The third-order valence-electron chi connectivity index (χ3n) is 9.69. The van der Waals surface area contributed by atoms with E-state index in [1.165, 1.54) is 4.90 Å². The molecule has 0 bridgehead atoms. The number of amides is 4. The van der Waals surface area contributed by atoms with E-state index in [2.05, 4.69) is 20.3 Å². The van der Waals surface area contributed by atoms with Crippen LogP contribution in [0.25, 0.3) is 10.8 Å². The summed E-state index contributed by atoms with van der Waals surface area (Å²) in [6, 6.07) is 4.77. The summed E-state index contributed by atoms with van der Waals surface area (Å²) in [5.74, 6) is -2.31. The van der Waals surface area contributed by atoms with E-state index in [4.69, 9.17) is 14.2 Å². The largest absolute Gasteiger partial charge is 0.497 e. The van der Waals surface area contributed by atoms with E-state index in [-0.39, 0.29) is 38.0 Å². The fourth-order valence-electron chi connectivity index (χ4n) is 6.78. The Balaban J connectivity index is 1.33. The van der Waals surface area contributed by atoms with E-state index >= 15 is 0 Å². The standard InChI is InChI=1S/C33H41N5O10S/c1-18-13-19(2)47-12-4-5-21-16-33(21,31(41)37-49(44,45)24-7-8-24)36-28(39)26-15-23(17-38(26)30(40)27(18)35-32(42)43)48-29-25-9-6-22(46-3)14-20(25)10-11-34-29/h4-6,9-11,14,18-19,21,23-24,26-27,35H,7-8,12-13,15-17H2,1-3H3,(H,36,39)(H,37,41)(H,42,43)/b5-4-/t18-,19+,21-,23-,26+,27+,33-/m1/s1. The normalized spacial score (nSPS) is 31.3. The van der Waals surface area contributed by atoms with Gasteiger partial charge in [-0.05, 0) is 68.2 Å². The van der Waals surface area contributed by atoms with Crippen molar-refractivity contribution in [3.8, 4) is 11.6 Å². The van der Waals surface area contributed by atoms with Crippen LogP contribution in [0.4, 0.5) is 4.79 Å². The van der Waals surface area contributed by atoms with Gasteiger partial charge in [0.05, 0.1) is 31.6 Å². The molecule has 6 rings (SSSR count). The molecule has 4 aliphatic rings. The molecule has 16 heteroatoms. The number of hydrogen-bond donors (Lipinski definition) is 4. The molecule has 2 saturated carbocycles. The second-order valence-electron chi connectivity index (χ2n) is 13.3. The van der Waals surface area contributed by atoms with Gasteiger partial charge >= 0.3 is 6.09 Å². The van der Waals surface area contributed by atoms with Crippen LogP contribution >= 0.6 is 0 Å². The zero-order chi connectivity index (χ0) is 35.1. The topological polar surface area (TPSA) is 203 Å². The summed E-state index contributed by atoms with van der Waals surface area (Å²) in [4.78, 5) is 59.6. The van der Waals surface area contributed by atoms with Crippen LogP contribution in [0, 0.1) is 11.8 Å². The number of pyridine rings is 1. The van der Waals surface area contributed by atoms with Crippen molar-refractivity contribution in [1.82, 2.24) is 25.2 Å². The van der Waals surface area contributed by atoms with Gasteiger partial charge in [-0.3, -0.25) is 19.1 Å². The molecule has 1 saturated heterocycles. The summed E-state index contributed by atoms with van der Waals surface area (Å²) in [5.41, 5.74) is -1.57. The van der Waals surface area contributed by atoms with Crippen molar-refractivity contribution < 1.29 is 46.9 Å². The second-order valence-corrected chi connectivity index (χ2v) is 15.3. The highest BCUT2D eigenvalue weighted by Crippen LogP contribution is 2.46. The molecular formula is C33H41N5O10S. The highest BCUT2D eigenvalue weighted by atomic mass is 32.2. The lowest BCUT2D eigenvalue weighted by Crippen LogP contribution is -2.59. The maximum Gasteiger partial charge on any atom is 0.405 e. The van der Waals surface area contributed by atoms with Gasteiger partial charge in [0.25, 0.3) is 5.91 Å². The van der Waals surface area contributed by atoms with Gasteiger partial charge in [0.1, 0.15) is 29.5 Å². The molecule has 3 fully saturated rings. The highest BCUT2D eigenvalue weighted by Gasteiger charge is 2.62. The summed E-state index contributed by atoms with van der Waals surface area (Å²) in [5, 5.41) is 15.6. The Labute approximate surface area is 283 Å². The van der Waals surface area contributed by atoms with Gasteiger partial charge in [-0.15, -0.1) is 0 Å².